The second-order valence-corrected chi connectivity index (χ2v) is 9.47. The topological polar surface area (TPSA) is 190 Å². The number of hydrogen-bond acceptors (Lipinski definition) is 11. The highest BCUT2D eigenvalue weighted by atomic mass is 19.1. The minimum atomic E-state index is -0.752. The first kappa shape index (κ1) is 26.5. The maximum atomic E-state index is 15.2. The molecule has 0 bridgehead atoms. The quantitative estimate of drug-likeness (QED) is 0.121. The van der Waals surface area contributed by atoms with Gasteiger partial charge >= 0.3 is 11.6 Å². The third-order valence-electron chi connectivity index (χ3n) is 6.97. The molecule has 0 unspecified atom stereocenters. The molecule has 12 nitrogen and oxygen atoms in total. The van der Waals surface area contributed by atoms with Crippen LogP contribution in [0, 0.1) is 12.7 Å². The zero-order valence-corrected chi connectivity index (χ0v) is 22.4. The van der Waals surface area contributed by atoms with Crippen molar-refractivity contribution in [1.82, 2.24) is 25.4 Å². The van der Waals surface area contributed by atoms with Gasteiger partial charge in [0.25, 0.3) is 0 Å². The summed E-state index contributed by atoms with van der Waals surface area (Å²) in [5.41, 5.74) is 10.2. The van der Waals surface area contributed by atoms with Crippen molar-refractivity contribution in [3.8, 4) is 23.1 Å². The van der Waals surface area contributed by atoms with Gasteiger partial charge in [0.1, 0.15) is 34.2 Å². The Morgan fingerprint density at radius 3 is 2.86 bits per heavy atom. The number of phenols is 1. The number of aromatic amines is 1. The van der Waals surface area contributed by atoms with Crippen molar-refractivity contribution < 1.29 is 18.7 Å². The first-order valence-electron chi connectivity index (χ1n) is 12.7. The van der Waals surface area contributed by atoms with Gasteiger partial charge in [0.15, 0.2) is 0 Å². The van der Waals surface area contributed by atoms with Crippen LogP contribution in [-0.4, -0.2) is 32.2 Å². The highest BCUT2D eigenvalue weighted by Crippen LogP contribution is 2.40. The molecule has 0 radical (unpaired) electrons. The molecule has 6 aromatic rings. The average molecular weight is 569 g/mol. The second kappa shape index (κ2) is 10.4. The van der Waals surface area contributed by atoms with Crippen molar-refractivity contribution in [3.63, 3.8) is 0 Å². The van der Waals surface area contributed by atoms with Gasteiger partial charge in [-0.05, 0) is 48.2 Å². The molecule has 0 amide bonds. The third kappa shape index (κ3) is 4.37. The van der Waals surface area contributed by atoms with E-state index in [-0.39, 0.29) is 51.1 Å². The zero-order chi connectivity index (χ0) is 29.5. The molecule has 13 heteroatoms. The highest BCUT2D eigenvalue weighted by Gasteiger charge is 2.23. The van der Waals surface area contributed by atoms with E-state index >= 15 is 4.39 Å². The van der Waals surface area contributed by atoms with E-state index in [0.717, 1.165) is 16.6 Å². The maximum absolute atomic E-state index is 15.2. The second-order valence-electron chi connectivity index (χ2n) is 9.47. The maximum Gasteiger partial charge on any atom is 0.349 e. The first-order valence-corrected chi connectivity index (χ1v) is 12.7. The number of H-pyrrole nitrogens is 1. The third-order valence-corrected chi connectivity index (χ3v) is 6.97. The predicted molar refractivity (Wildman–Crippen MR) is 157 cm³/mol. The van der Waals surface area contributed by atoms with E-state index in [1.165, 1.54) is 37.6 Å². The van der Waals surface area contributed by atoms with Gasteiger partial charge < -0.3 is 35.7 Å². The minimum Gasteiger partial charge on any atom is -0.508 e. The number of anilines is 1. The van der Waals surface area contributed by atoms with E-state index < -0.39 is 11.4 Å². The summed E-state index contributed by atoms with van der Waals surface area (Å²) in [6.45, 7) is 2.00. The van der Waals surface area contributed by atoms with Gasteiger partial charge in [-0.25, -0.2) is 14.2 Å². The average Bonchev–Trinajstić information content (AvgIpc) is 3.40. The molecule has 8 N–H and O–H groups in total. The SMILES string of the molecule is COc1nc(NCc2c[nH]c3ncccc23)c2c(=O)oc(-c3cc(O)cc4ccc(F)c(/C(N)=C/NN)c34)c(C)c2n1. The summed E-state index contributed by atoms with van der Waals surface area (Å²) in [4.78, 5) is 29.8. The van der Waals surface area contributed by atoms with Crippen molar-refractivity contribution in [2.24, 2.45) is 11.6 Å². The molecular formula is C29H25FN8O4. The normalized spacial score (nSPS) is 11.9. The molecule has 0 saturated carbocycles. The van der Waals surface area contributed by atoms with E-state index in [2.05, 4.69) is 30.7 Å². The summed E-state index contributed by atoms with van der Waals surface area (Å²) in [5, 5.41) is 15.5. The smallest absolute Gasteiger partial charge is 0.349 e. The van der Waals surface area contributed by atoms with Crippen LogP contribution in [0.25, 0.3) is 49.7 Å². The Morgan fingerprint density at radius 1 is 1.24 bits per heavy atom. The van der Waals surface area contributed by atoms with Crippen molar-refractivity contribution >= 4 is 44.2 Å². The van der Waals surface area contributed by atoms with Gasteiger partial charge in [-0.1, -0.05) is 6.07 Å². The number of aromatic nitrogens is 4. The molecule has 4 heterocycles. The number of nitrogens with one attached hydrogen (secondary N) is 3. The molecular weight excluding hydrogens is 543 g/mol. The summed E-state index contributed by atoms with van der Waals surface area (Å²) in [5.74, 6) is 4.89. The lowest BCUT2D eigenvalue weighted by Crippen LogP contribution is -2.16. The highest BCUT2D eigenvalue weighted by molar-refractivity contribution is 6.05. The van der Waals surface area contributed by atoms with Crippen LogP contribution >= 0.6 is 0 Å². The number of rotatable bonds is 7. The Hall–Kier alpha value is -5.69. The summed E-state index contributed by atoms with van der Waals surface area (Å²) in [6.07, 6.45) is 4.75. The number of fused-ring (bicyclic) bond motifs is 3. The number of hydrogen-bond donors (Lipinski definition) is 6. The summed E-state index contributed by atoms with van der Waals surface area (Å²) in [6, 6.07) is 9.31. The van der Waals surface area contributed by atoms with E-state index in [1.807, 2.05) is 18.3 Å². The van der Waals surface area contributed by atoms with Crippen molar-refractivity contribution in [2.75, 3.05) is 12.4 Å². The number of hydrazine groups is 1. The van der Waals surface area contributed by atoms with E-state index in [0.29, 0.717) is 22.9 Å². The fourth-order valence-electron chi connectivity index (χ4n) is 5.09. The summed E-state index contributed by atoms with van der Waals surface area (Å²) < 4.78 is 26.4. The predicted octanol–water partition coefficient (Wildman–Crippen LogP) is 3.77. The van der Waals surface area contributed by atoms with Crippen LogP contribution in [0.15, 0.2) is 64.2 Å². The molecule has 2 aromatic carbocycles. The standard InChI is InChI=1S/C29H25FN8O4/c1-13-24-23(27(38-29(37-24)41-2)35-11-15-10-34-26-17(15)4-3-7-33-26)28(40)42-25(13)18-9-16(39)8-14-5-6-19(30)22(21(14)18)20(31)12-36-32/h3-10,12,36,39H,11,31-32H2,1-2H3,(H,33,34)(H,35,37,38)/b20-12-. The Labute approximate surface area is 236 Å². The molecule has 0 aliphatic rings. The molecule has 0 aliphatic heterocycles. The van der Waals surface area contributed by atoms with Crippen LogP contribution in [-0.2, 0) is 6.54 Å². The lowest BCUT2D eigenvalue weighted by Gasteiger charge is -2.16. The molecule has 0 saturated heterocycles. The molecule has 4 aromatic heterocycles. The number of nitrogens with two attached hydrogens (primary N) is 2. The van der Waals surface area contributed by atoms with Crippen LogP contribution in [0.5, 0.6) is 11.8 Å². The van der Waals surface area contributed by atoms with Crippen molar-refractivity contribution in [3.05, 3.63) is 87.9 Å². The van der Waals surface area contributed by atoms with Gasteiger partial charge in [0, 0.05) is 52.6 Å². The number of aromatic hydroxyl groups is 1. The lowest BCUT2D eigenvalue weighted by molar-refractivity contribution is 0.382. The van der Waals surface area contributed by atoms with Gasteiger partial charge in [-0.2, -0.15) is 9.97 Å². The number of aryl methyl sites for hydroxylation is 1. The molecule has 0 fully saturated rings. The summed E-state index contributed by atoms with van der Waals surface area (Å²) in [7, 11) is 1.41. The monoisotopic (exact) mass is 568 g/mol. The first-order chi connectivity index (χ1) is 20.3. The number of methoxy groups -OCH3 is 1. The number of benzene rings is 2. The van der Waals surface area contributed by atoms with Gasteiger partial charge in [0.2, 0.25) is 0 Å². The lowest BCUT2D eigenvalue weighted by atomic mass is 9.93. The molecule has 0 atom stereocenters. The number of ether oxygens (including phenoxy) is 1. The van der Waals surface area contributed by atoms with Crippen LogP contribution in [0.2, 0.25) is 0 Å². The number of halogens is 1. The van der Waals surface area contributed by atoms with Crippen molar-refractivity contribution in [2.45, 2.75) is 13.5 Å². The largest absolute Gasteiger partial charge is 0.508 e. The summed E-state index contributed by atoms with van der Waals surface area (Å²) >= 11 is 0. The van der Waals surface area contributed by atoms with Crippen molar-refractivity contribution in [1.29, 1.82) is 0 Å². The van der Waals surface area contributed by atoms with Crippen LogP contribution in [0.4, 0.5) is 10.2 Å². The van der Waals surface area contributed by atoms with Crippen LogP contribution < -0.4 is 32.7 Å². The zero-order valence-electron chi connectivity index (χ0n) is 22.4. The van der Waals surface area contributed by atoms with E-state index in [1.54, 1.807) is 13.1 Å². The molecule has 42 heavy (non-hydrogen) atoms. The van der Waals surface area contributed by atoms with E-state index in [9.17, 15) is 9.90 Å². The number of nitrogens with zero attached hydrogens (tertiary/aromatic N) is 3. The number of pyridine rings is 1. The van der Waals surface area contributed by atoms with Gasteiger partial charge in [-0.3, -0.25) is 5.84 Å². The van der Waals surface area contributed by atoms with E-state index in [4.69, 9.17) is 20.7 Å². The molecule has 6 rings (SSSR count). The van der Waals surface area contributed by atoms with Crippen LogP contribution in [0.1, 0.15) is 16.7 Å². The Bertz CT molecular complexity index is 2100. The van der Waals surface area contributed by atoms with Gasteiger partial charge in [0.05, 0.1) is 18.3 Å². The molecule has 0 aliphatic carbocycles. The Kier molecular flexibility index (Phi) is 6.55. The fraction of sp³-hybridized carbons (Fsp3) is 0.103. The Balaban J connectivity index is 1.57. The fourth-order valence-corrected chi connectivity index (χ4v) is 5.09. The van der Waals surface area contributed by atoms with Gasteiger partial charge in [-0.15, -0.1) is 0 Å². The number of phenolic OH excluding ortho intramolecular Hbond substituents is 1. The van der Waals surface area contributed by atoms with Crippen LogP contribution in [0.3, 0.4) is 0 Å². The Morgan fingerprint density at radius 2 is 2.07 bits per heavy atom. The molecule has 212 valence electrons. The molecule has 0 spiro atoms. The minimum absolute atomic E-state index is 0.00343.